The summed E-state index contributed by atoms with van der Waals surface area (Å²) in [4.78, 5) is 53.6. The molecule has 0 saturated carbocycles. The van der Waals surface area contributed by atoms with Crippen LogP contribution >= 0.6 is 12.0 Å². The predicted molar refractivity (Wildman–Crippen MR) is 114 cm³/mol. The van der Waals surface area contributed by atoms with E-state index in [-0.39, 0.29) is 11.1 Å². The fraction of sp³-hybridized carbons (Fsp3) is 0.400. The smallest absolute Gasteiger partial charge is 0.332 e. The molecule has 2 aliphatic rings. The van der Waals surface area contributed by atoms with Gasteiger partial charge in [0, 0.05) is 12.0 Å². The Morgan fingerprint density at radius 2 is 1.67 bits per heavy atom. The van der Waals surface area contributed by atoms with Gasteiger partial charge in [-0.3, -0.25) is 19.3 Å². The van der Waals surface area contributed by atoms with E-state index < -0.39 is 49.5 Å². The normalized spacial score (nSPS) is 22.0. The van der Waals surface area contributed by atoms with Gasteiger partial charge in [0.1, 0.15) is 5.37 Å². The molecule has 0 radical (unpaired) electrons. The van der Waals surface area contributed by atoms with Crippen molar-refractivity contribution < 1.29 is 27.8 Å². The fourth-order valence-corrected chi connectivity index (χ4v) is 5.61. The van der Waals surface area contributed by atoms with Crippen LogP contribution in [0.1, 0.15) is 27.6 Å². The molecule has 0 bridgehead atoms. The number of benzene rings is 1. The molecule has 2 aliphatic heterocycles. The Labute approximate surface area is 180 Å². The lowest BCUT2D eigenvalue weighted by Crippen LogP contribution is -2.73. The number of methoxy groups -OCH3 is 1. The molecule has 1 aromatic carbocycles. The number of β-lactam (4-membered cyclic amide) rings is 1. The van der Waals surface area contributed by atoms with Gasteiger partial charge in [-0.15, -0.1) is 0 Å². The van der Waals surface area contributed by atoms with E-state index in [1.54, 1.807) is 31.2 Å². The number of imide groups is 1. The zero-order valence-corrected chi connectivity index (χ0v) is 19.3. The molecule has 0 aromatic heterocycles. The number of esters is 1. The van der Waals surface area contributed by atoms with Crippen LogP contribution in [0.15, 0.2) is 36.4 Å². The van der Waals surface area contributed by atoms with Gasteiger partial charge in [-0.25, -0.2) is 4.79 Å². The minimum Gasteiger partial charge on any atom is -0.467 e. The van der Waals surface area contributed by atoms with E-state index in [1.807, 2.05) is 19.6 Å². The largest absolute Gasteiger partial charge is 0.467 e. The van der Waals surface area contributed by atoms with Crippen molar-refractivity contribution in [2.75, 3.05) is 7.11 Å². The zero-order valence-electron chi connectivity index (χ0n) is 17.5. The van der Waals surface area contributed by atoms with Gasteiger partial charge >= 0.3 is 5.97 Å². The van der Waals surface area contributed by atoms with Crippen molar-refractivity contribution in [1.82, 2.24) is 9.80 Å². The second-order valence-corrected chi connectivity index (χ2v) is 13.7. The number of fused-ring (bicyclic) bond motifs is 1. The van der Waals surface area contributed by atoms with E-state index >= 15 is 0 Å². The topological polar surface area (TPSA) is 93.2 Å². The van der Waals surface area contributed by atoms with E-state index in [1.165, 1.54) is 12.0 Å². The van der Waals surface area contributed by atoms with Gasteiger partial charge < -0.3 is 13.5 Å². The first-order valence-corrected chi connectivity index (χ1v) is 13.6. The quantitative estimate of drug-likeness (QED) is 0.158. The van der Waals surface area contributed by atoms with Gasteiger partial charge in [-0.2, -0.15) is 0 Å². The summed E-state index contributed by atoms with van der Waals surface area (Å²) in [5.41, 5.74) is 0.927. The second-order valence-electron chi connectivity index (χ2n) is 8.17. The maximum Gasteiger partial charge on any atom is 0.332 e. The molecule has 0 aliphatic carbocycles. The first-order chi connectivity index (χ1) is 14.0. The SMILES string of the molecule is C=C(C)[C@H](C(=O)OC)N1C(=O)[C@@H](N2C(=O)c3ccccc3C2=O)[C@H]1SO[Si](C)(C)C. The molecule has 3 rings (SSSR count). The molecular formula is C20H24N2O6SSi. The Balaban J connectivity index is 1.97. The minimum atomic E-state index is -2.02. The molecule has 2 heterocycles. The van der Waals surface area contributed by atoms with Crippen molar-refractivity contribution >= 4 is 44.1 Å². The van der Waals surface area contributed by atoms with E-state index in [2.05, 4.69) is 6.58 Å². The Morgan fingerprint density at radius 1 is 1.13 bits per heavy atom. The van der Waals surface area contributed by atoms with Gasteiger partial charge in [0.2, 0.25) is 8.32 Å². The van der Waals surface area contributed by atoms with Crippen LogP contribution in [-0.4, -0.2) is 66.4 Å². The third-order valence-corrected chi connectivity index (χ3v) is 7.79. The number of carbonyl (C=O) groups excluding carboxylic acids is 4. The maximum atomic E-state index is 13.2. The van der Waals surface area contributed by atoms with Crippen molar-refractivity contribution in [3.63, 3.8) is 0 Å². The van der Waals surface area contributed by atoms with Gasteiger partial charge in [-0.05, 0) is 44.3 Å². The van der Waals surface area contributed by atoms with Crippen LogP contribution in [0, 0.1) is 0 Å². The standard InChI is InChI=1S/C20H24N2O6SSi/c1-11(2)14(20(26)27-3)22-18(25)15(19(22)29-28-30(4,5)6)21-16(23)12-9-7-8-10-13(12)17(21)24/h7-10,14-15,19H,1H2,2-6H3/t14-,15-,19-/m1/s1. The van der Waals surface area contributed by atoms with Crippen LogP contribution < -0.4 is 0 Å². The molecule has 0 spiro atoms. The third-order valence-electron chi connectivity index (χ3n) is 4.72. The molecule has 0 N–H and O–H groups in total. The molecule has 10 heteroatoms. The highest BCUT2D eigenvalue weighted by Gasteiger charge is 2.60. The lowest BCUT2D eigenvalue weighted by atomic mass is 9.98. The summed E-state index contributed by atoms with van der Waals surface area (Å²) < 4.78 is 10.8. The predicted octanol–water partition coefficient (Wildman–Crippen LogP) is 2.44. The van der Waals surface area contributed by atoms with Crippen LogP contribution in [0.3, 0.4) is 0 Å². The van der Waals surface area contributed by atoms with Crippen LogP contribution in [0.4, 0.5) is 0 Å². The number of carbonyl (C=O) groups is 4. The Hall–Kier alpha value is -2.43. The zero-order chi connectivity index (χ0) is 22.4. The molecule has 30 heavy (non-hydrogen) atoms. The Bertz CT molecular complexity index is 908. The molecule has 3 atom stereocenters. The van der Waals surface area contributed by atoms with Crippen molar-refractivity contribution in [1.29, 1.82) is 0 Å². The summed E-state index contributed by atoms with van der Waals surface area (Å²) in [5, 5.41) is -0.757. The lowest BCUT2D eigenvalue weighted by molar-refractivity contribution is -0.163. The summed E-state index contributed by atoms with van der Waals surface area (Å²) >= 11 is 1.01. The lowest BCUT2D eigenvalue weighted by Gasteiger charge is -2.51. The highest BCUT2D eigenvalue weighted by Crippen LogP contribution is 2.41. The van der Waals surface area contributed by atoms with Crippen LogP contribution in [0.25, 0.3) is 0 Å². The summed E-state index contributed by atoms with van der Waals surface area (Å²) in [6, 6.07) is 4.33. The number of hydrogen-bond acceptors (Lipinski definition) is 7. The van der Waals surface area contributed by atoms with Gasteiger partial charge in [-0.1, -0.05) is 18.7 Å². The van der Waals surface area contributed by atoms with Crippen LogP contribution in [0.2, 0.25) is 19.6 Å². The minimum absolute atomic E-state index is 0.257. The number of ether oxygens (including phenoxy) is 1. The van der Waals surface area contributed by atoms with E-state index in [0.717, 1.165) is 16.9 Å². The average molecular weight is 449 g/mol. The number of hydrogen-bond donors (Lipinski definition) is 0. The number of rotatable bonds is 7. The number of likely N-dealkylation sites (tertiary alicyclic amines) is 1. The molecule has 160 valence electrons. The summed E-state index contributed by atoms with van der Waals surface area (Å²) in [6.07, 6.45) is 0. The molecule has 3 amide bonds. The molecule has 0 unspecified atom stereocenters. The summed E-state index contributed by atoms with van der Waals surface area (Å²) in [6.45, 7) is 11.3. The summed E-state index contributed by atoms with van der Waals surface area (Å²) in [5.74, 6) is -2.23. The third kappa shape index (κ3) is 3.70. The maximum absolute atomic E-state index is 13.2. The molecule has 1 aromatic rings. The van der Waals surface area contributed by atoms with Gasteiger partial charge in [0.05, 0.1) is 18.2 Å². The van der Waals surface area contributed by atoms with Crippen LogP contribution in [0.5, 0.6) is 0 Å². The van der Waals surface area contributed by atoms with E-state index in [9.17, 15) is 19.2 Å². The average Bonchev–Trinajstić information content (AvgIpc) is 2.92. The number of amides is 3. The number of nitrogens with zero attached hydrogens (tertiary/aromatic N) is 2. The summed E-state index contributed by atoms with van der Waals surface area (Å²) in [7, 11) is -0.793. The first kappa shape index (κ1) is 22.3. The fourth-order valence-electron chi connectivity index (χ4n) is 3.40. The van der Waals surface area contributed by atoms with Crippen molar-refractivity contribution in [2.24, 2.45) is 0 Å². The molecular weight excluding hydrogens is 424 g/mol. The highest BCUT2D eigenvalue weighted by molar-refractivity contribution is 7.96. The molecule has 1 saturated heterocycles. The van der Waals surface area contributed by atoms with E-state index in [4.69, 9.17) is 8.61 Å². The highest BCUT2D eigenvalue weighted by atomic mass is 32.2. The molecule has 1 fully saturated rings. The van der Waals surface area contributed by atoms with E-state index in [0.29, 0.717) is 5.57 Å². The van der Waals surface area contributed by atoms with Crippen molar-refractivity contribution in [2.45, 2.75) is 44.0 Å². The first-order valence-electron chi connectivity index (χ1n) is 9.36. The second kappa shape index (κ2) is 8.01. The van der Waals surface area contributed by atoms with Gasteiger partial charge in [0.25, 0.3) is 17.7 Å². The van der Waals surface area contributed by atoms with Crippen molar-refractivity contribution in [3.05, 3.63) is 47.5 Å². The van der Waals surface area contributed by atoms with Crippen molar-refractivity contribution in [3.8, 4) is 0 Å². The van der Waals surface area contributed by atoms with Crippen LogP contribution in [-0.2, 0) is 18.2 Å². The Morgan fingerprint density at radius 3 is 2.10 bits per heavy atom. The Kier molecular flexibility index (Phi) is 5.94. The molecule has 8 nitrogen and oxygen atoms in total. The monoisotopic (exact) mass is 448 g/mol. The van der Waals surface area contributed by atoms with Gasteiger partial charge in [0.15, 0.2) is 12.1 Å².